The second-order valence-corrected chi connectivity index (χ2v) is 4.84. The molecule has 0 radical (unpaired) electrons. The fraction of sp³-hybridized carbons (Fsp3) is 0.0625. The number of nitrogen functional groups attached to an aromatic ring is 1. The Morgan fingerprint density at radius 2 is 1.90 bits per heavy atom. The van der Waals surface area contributed by atoms with Crippen molar-refractivity contribution in [2.24, 2.45) is 0 Å². The number of aliphatic hydroxyl groups excluding tert-OH is 1. The van der Waals surface area contributed by atoms with Crippen LogP contribution in [0.5, 0.6) is 0 Å². The van der Waals surface area contributed by atoms with Gasteiger partial charge in [0.25, 0.3) is 5.91 Å². The summed E-state index contributed by atoms with van der Waals surface area (Å²) in [4.78, 5) is 15.3. The van der Waals surface area contributed by atoms with Crippen LogP contribution in [0.4, 0.5) is 11.4 Å². The zero-order chi connectivity index (χ0) is 14.8. The smallest absolute Gasteiger partial charge is 0.272 e. The van der Waals surface area contributed by atoms with Gasteiger partial charge in [-0.2, -0.15) is 0 Å². The lowest BCUT2D eigenvalue weighted by Gasteiger charge is -2.04. The zero-order valence-corrected chi connectivity index (χ0v) is 11.3. The Bertz CT molecular complexity index is 791. The molecule has 1 amide bonds. The van der Waals surface area contributed by atoms with Crippen molar-refractivity contribution in [1.82, 2.24) is 4.98 Å². The molecule has 0 saturated heterocycles. The fourth-order valence-electron chi connectivity index (χ4n) is 2.17. The minimum Gasteiger partial charge on any atom is -0.399 e. The summed E-state index contributed by atoms with van der Waals surface area (Å²) in [5.74, 6) is -0.221. The van der Waals surface area contributed by atoms with Gasteiger partial charge in [-0.05, 0) is 42.0 Å². The van der Waals surface area contributed by atoms with E-state index in [1.807, 2.05) is 12.1 Å². The molecule has 1 aromatic heterocycles. The highest BCUT2D eigenvalue weighted by Crippen LogP contribution is 2.19. The summed E-state index contributed by atoms with van der Waals surface area (Å²) in [6.07, 6.45) is 0. The van der Waals surface area contributed by atoms with Crippen molar-refractivity contribution in [1.29, 1.82) is 0 Å². The van der Waals surface area contributed by atoms with Gasteiger partial charge in [-0.3, -0.25) is 4.79 Å². The van der Waals surface area contributed by atoms with Crippen LogP contribution in [0.25, 0.3) is 10.9 Å². The van der Waals surface area contributed by atoms with E-state index in [2.05, 4.69) is 10.3 Å². The number of carbonyl (C=O) groups is 1. The van der Waals surface area contributed by atoms with Crippen molar-refractivity contribution in [3.8, 4) is 0 Å². The summed E-state index contributed by atoms with van der Waals surface area (Å²) in [6, 6.07) is 14.3. The molecule has 5 N–H and O–H groups in total. The lowest BCUT2D eigenvalue weighted by Crippen LogP contribution is -2.12. The lowest BCUT2D eigenvalue weighted by atomic mass is 10.2. The zero-order valence-electron chi connectivity index (χ0n) is 11.3. The largest absolute Gasteiger partial charge is 0.399 e. The molecule has 0 aliphatic rings. The number of aliphatic hydroxyl groups is 1. The van der Waals surface area contributed by atoms with Crippen LogP contribution in [-0.4, -0.2) is 16.0 Å². The van der Waals surface area contributed by atoms with Crippen molar-refractivity contribution >= 4 is 28.2 Å². The van der Waals surface area contributed by atoms with E-state index in [0.29, 0.717) is 17.1 Å². The number of H-pyrrole nitrogens is 1. The van der Waals surface area contributed by atoms with E-state index in [9.17, 15) is 4.79 Å². The molecule has 5 heteroatoms. The number of carbonyl (C=O) groups excluding carboxylic acids is 1. The van der Waals surface area contributed by atoms with E-state index >= 15 is 0 Å². The second-order valence-electron chi connectivity index (χ2n) is 4.84. The van der Waals surface area contributed by atoms with Gasteiger partial charge in [0.1, 0.15) is 5.69 Å². The molecule has 0 atom stereocenters. The predicted molar refractivity (Wildman–Crippen MR) is 83.0 cm³/mol. The molecule has 106 valence electrons. The van der Waals surface area contributed by atoms with Crippen LogP contribution in [-0.2, 0) is 6.61 Å². The van der Waals surface area contributed by atoms with Crippen molar-refractivity contribution in [3.05, 3.63) is 59.8 Å². The van der Waals surface area contributed by atoms with Gasteiger partial charge in [-0.25, -0.2) is 0 Å². The molecule has 0 bridgehead atoms. The first-order valence-electron chi connectivity index (χ1n) is 6.55. The first-order chi connectivity index (χ1) is 10.2. The fourth-order valence-corrected chi connectivity index (χ4v) is 2.17. The maximum Gasteiger partial charge on any atom is 0.272 e. The van der Waals surface area contributed by atoms with Crippen LogP contribution < -0.4 is 11.1 Å². The molecular formula is C16H15N3O2. The summed E-state index contributed by atoms with van der Waals surface area (Å²) in [6.45, 7) is -0.0162. The van der Waals surface area contributed by atoms with Gasteiger partial charge in [0.05, 0.1) is 6.61 Å². The summed E-state index contributed by atoms with van der Waals surface area (Å²) in [5, 5.41) is 12.7. The third kappa shape index (κ3) is 2.73. The predicted octanol–water partition coefficient (Wildman–Crippen LogP) is 2.49. The van der Waals surface area contributed by atoms with Gasteiger partial charge in [0.15, 0.2) is 0 Å². The van der Waals surface area contributed by atoms with Crippen molar-refractivity contribution < 1.29 is 9.90 Å². The van der Waals surface area contributed by atoms with E-state index in [4.69, 9.17) is 10.8 Å². The molecule has 3 aromatic rings. The van der Waals surface area contributed by atoms with Crippen LogP contribution in [0.2, 0.25) is 0 Å². The minimum atomic E-state index is -0.221. The van der Waals surface area contributed by atoms with E-state index < -0.39 is 0 Å². The van der Waals surface area contributed by atoms with Crippen molar-refractivity contribution in [2.75, 3.05) is 11.1 Å². The number of fused-ring (bicyclic) bond motifs is 1. The molecule has 1 heterocycles. The molecule has 0 aliphatic heterocycles. The molecule has 0 fully saturated rings. The molecule has 5 nitrogen and oxygen atoms in total. The Labute approximate surface area is 121 Å². The van der Waals surface area contributed by atoms with E-state index in [1.165, 1.54) is 0 Å². The highest BCUT2D eigenvalue weighted by Gasteiger charge is 2.10. The Balaban J connectivity index is 1.82. The Hall–Kier alpha value is -2.79. The first-order valence-corrected chi connectivity index (χ1v) is 6.55. The number of nitrogens with two attached hydrogens (primary N) is 1. The number of amides is 1. The van der Waals surface area contributed by atoms with Gasteiger partial charge < -0.3 is 21.1 Å². The quantitative estimate of drug-likeness (QED) is 0.556. The summed E-state index contributed by atoms with van der Waals surface area (Å²) < 4.78 is 0. The molecule has 2 aromatic carbocycles. The summed E-state index contributed by atoms with van der Waals surface area (Å²) in [5.41, 5.74) is 9.20. The Morgan fingerprint density at radius 1 is 1.14 bits per heavy atom. The number of nitrogens with one attached hydrogen (secondary N) is 2. The normalized spacial score (nSPS) is 10.7. The lowest BCUT2D eigenvalue weighted by molar-refractivity contribution is 0.102. The number of hydrogen-bond donors (Lipinski definition) is 4. The topological polar surface area (TPSA) is 91.1 Å². The molecule has 3 rings (SSSR count). The summed E-state index contributed by atoms with van der Waals surface area (Å²) >= 11 is 0. The number of hydrogen-bond acceptors (Lipinski definition) is 3. The number of aromatic amines is 1. The van der Waals surface area contributed by atoms with Gasteiger partial charge >= 0.3 is 0 Å². The molecule has 0 aliphatic carbocycles. The van der Waals surface area contributed by atoms with Crippen LogP contribution >= 0.6 is 0 Å². The number of rotatable bonds is 3. The average Bonchev–Trinajstić information content (AvgIpc) is 2.91. The molecular weight excluding hydrogens is 266 g/mol. The second kappa shape index (κ2) is 5.30. The third-order valence-electron chi connectivity index (χ3n) is 3.28. The SMILES string of the molecule is Nc1ccc2[nH]c(C(=O)Nc3ccc(CO)cc3)cc2c1. The van der Waals surface area contributed by atoms with E-state index in [0.717, 1.165) is 16.5 Å². The Kier molecular flexibility index (Phi) is 3.33. The highest BCUT2D eigenvalue weighted by atomic mass is 16.3. The number of aromatic nitrogens is 1. The van der Waals surface area contributed by atoms with Gasteiger partial charge in [-0.1, -0.05) is 12.1 Å². The third-order valence-corrected chi connectivity index (χ3v) is 3.28. The van der Waals surface area contributed by atoms with Crippen LogP contribution in [0.15, 0.2) is 48.5 Å². The molecule has 21 heavy (non-hydrogen) atoms. The standard InChI is InChI=1S/C16H15N3O2/c17-12-3-6-14-11(7-12)8-15(19-14)16(21)18-13-4-1-10(9-20)2-5-13/h1-8,19-20H,9,17H2,(H,18,21). The van der Waals surface area contributed by atoms with Crippen LogP contribution in [0, 0.1) is 0 Å². The number of anilines is 2. The van der Waals surface area contributed by atoms with E-state index in [-0.39, 0.29) is 12.5 Å². The van der Waals surface area contributed by atoms with Crippen LogP contribution in [0.3, 0.4) is 0 Å². The maximum atomic E-state index is 12.2. The maximum absolute atomic E-state index is 12.2. The first kappa shape index (κ1) is 13.2. The highest BCUT2D eigenvalue weighted by molar-refractivity contribution is 6.06. The minimum absolute atomic E-state index is 0.0162. The van der Waals surface area contributed by atoms with Gasteiger partial charge in [-0.15, -0.1) is 0 Å². The van der Waals surface area contributed by atoms with Crippen molar-refractivity contribution in [3.63, 3.8) is 0 Å². The van der Waals surface area contributed by atoms with E-state index in [1.54, 1.807) is 36.4 Å². The van der Waals surface area contributed by atoms with Gasteiger partial charge in [0.2, 0.25) is 0 Å². The van der Waals surface area contributed by atoms with Crippen LogP contribution in [0.1, 0.15) is 16.1 Å². The number of benzene rings is 2. The van der Waals surface area contributed by atoms with Gasteiger partial charge in [0, 0.05) is 22.3 Å². The summed E-state index contributed by atoms with van der Waals surface area (Å²) in [7, 11) is 0. The molecule has 0 spiro atoms. The van der Waals surface area contributed by atoms with Crippen molar-refractivity contribution in [2.45, 2.75) is 6.61 Å². The average molecular weight is 281 g/mol. The monoisotopic (exact) mass is 281 g/mol. The molecule has 0 saturated carbocycles. The Morgan fingerprint density at radius 3 is 2.62 bits per heavy atom. The molecule has 0 unspecified atom stereocenters.